The highest BCUT2D eigenvalue weighted by atomic mass is 35.5. The quantitative estimate of drug-likeness (QED) is 0.146. The number of amides is 1. The van der Waals surface area contributed by atoms with Crippen LogP contribution in [0.25, 0.3) is 0 Å². The van der Waals surface area contributed by atoms with E-state index in [0.29, 0.717) is 33.6 Å². The molecule has 0 radical (unpaired) electrons. The molecule has 1 heterocycles. The molecule has 2 aromatic carbocycles. The van der Waals surface area contributed by atoms with E-state index in [4.69, 9.17) is 49.4 Å². The van der Waals surface area contributed by atoms with Crippen LogP contribution in [-0.4, -0.2) is 46.3 Å². The van der Waals surface area contributed by atoms with Gasteiger partial charge in [-0.1, -0.05) is 53.0 Å². The minimum atomic E-state index is -1.02. The number of benzene rings is 2. The molecule has 1 aromatic heterocycles. The molecule has 3 aromatic rings. The summed E-state index contributed by atoms with van der Waals surface area (Å²) in [4.78, 5) is 40.9. The van der Waals surface area contributed by atoms with Gasteiger partial charge in [-0.05, 0) is 37.6 Å². The molecule has 0 aliphatic carbocycles. The van der Waals surface area contributed by atoms with Crippen LogP contribution in [0, 0.1) is 6.92 Å². The number of nitrogens with one attached hydrogen (secondary N) is 2. The number of nitrogens with zero attached hydrogens (tertiary/aromatic N) is 2. The summed E-state index contributed by atoms with van der Waals surface area (Å²) in [6.45, 7) is 4.09. The maximum Gasteiger partial charge on any atom is 0.342 e. The van der Waals surface area contributed by atoms with Crippen LogP contribution in [0.5, 0.6) is 0 Å². The number of ether oxygens (including phenoxy) is 2. The number of esters is 1. The molecule has 13 heteroatoms. The van der Waals surface area contributed by atoms with Crippen molar-refractivity contribution in [1.29, 1.82) is 0 Å². The Morgan fingerprint density at radius 3 is 2.39 bits per heavy atom. The third-order valence-electron chi connectivity index (χ3n) is 4.62. The summed E-state index contributed by atoms with van der Waals surface area (Å²) >= 11 is 18.0. The first kappa shape index (κ1) is 30.8. The maximum atomic E-state index is 12.2. The first-order chi connectivity index (χ1) is 18.1. The minimum Gasteiger partial charge on any atom is -0.481 e. The summed E-state index contributed by atoms with van der Waals surface area (Å²) in [5.74, 6) is -1.68. The molecular weight excluding hydrogens is 559 g/mol. The Morgan fingerprint density at radius 1 is 1.00 bits per heavy atom. The Morgan fingerprint density at radius 2 is 1.74 bits per heavy atom. The van der Waals surface area contributed by atoms with E-state index in [9.17, 15) is 14.4 Å². The molecule has 0 bridgehead atoms. The fourth-order valence-electron chi connectivity index (χ4n) is 2.73. The number of hydrogen-bond donors (Lipinski definition) is 3. The molecular formula is C25H25Cl3N4O6. The summed E-state index contributed by atoms with van der Waals surface area (Å²) in [5, 5.41) is 15.0. The largest absolute Gasteiger partial charge is 0.481 e. The van der Waals surface area contributed by atoms with Crippen molar-refractivity contribution in [2.75, 3.05) is 24.0 Å². The predicted octanol–water partition coefficient (Wildman–Crippen LogP) is 6.13. The fraction of sp³-hybridized carbons (Fsp3) is 0.240. The third-order valence-corrected chi connectivity index (χ3v) is 5.62. The van der Waals surface area contributed by atoms with Gasteiger partial charge in [-0.2, -0.15) is 0 Å². The number of aliphatic carboxylic acids is 1. The number of carboxylic acids is 1. The van der Waals surface area contributed by atoms with Gasteiger partial charge in [0.2, 0.25) is 5.91 Å². The van der Waals surface area contributed by atoms with Crippen LogP contribution >= 0.6 is 34.8 Å². The van der Waals surface area contributed by atoms with Crippen molar-refractivity contribution in [3.05, 3.63) is 75.1 Å². The Labute approximate surface area is 234 Å². The molecule has 0 saturated carbocycles. The number of aryl methyl sites for hydroxylation is 1. The van der Waals surface area contributed by atoms with Crippen molar-refractivity contribution in [2.45, 2.75) is 26.7 Å². The number of aromatic nitrogens is 2. The Bertz CT molecular complexity index is 1260. The Kier molecular flexibility index (Phi) is 12.7. The molecule has 0 unspecified atom stereocenters. The lowest BCUT2D eigenvalue weighted by Gasteiger charge is -2.15. The topological polar surface area (TPSA) is 140 Å². The molecule has 3 N–H and O–H groups in total. The summed E-state index contributed by atoms with van der Waals surface area (Å²) < 4.78 is 10.1. The van der Waals surface area contributed by atoms with Crippen LogP contribution in [-0.2, 0) is 19.1 Å². The highest BCUT2D eigenvalue weighted by Crippen LogP contribution is 2.36. The normalized spacial score (nSPS) is 10.1. The van der Waals surface area contributed by atoms with Crippen molar-refractivity contribution in [2.24, 2.45) is 0 Å². The van der Waals surface area contributed by atoms with Gasteiger partial charge in [0.25, 0.3) is 0 Å². The van der Waals surface area contributed by atoms with Gasteiger partial charge in [-0.15, -0.1) is 0 Å². The molecule has 0 saturated heterocycles. The van der Waals surface area contributed by atoms with Gasteiger partial charge < -0.3 is 25.2 Å². The van der Waals surface area contributed by atoms with E-state index < -0.39 is 17.8 Å². The van der Waals surface area contributed by atoms with Gasteiger partial charge in [-0.25, -0.2) is 14.8 Å². The maximum absolute atomic E-state index is 12.2. The molecule has 1 amide bonds. The number of carboxylic acid groups (broad SMARTS) is 1. The predicted molar refractivity (Wildman–Crippen MR) is 145 cm³/mol. The van der Waals surface area contributed by atoms with Gasteiger partial charge in [0.1, 0.15) is 5.15 Å². The lowest BCUT2D eigenvalue weighted by Crippen LogP contribution is -2.14. The molecule has 3 rings (SSSR count). The van der Waals surface area contributed by atoms with Crippen LogP contribution in [0.2, 0.25) is 15.2 Å². The van der Waals surface area contributed by atoms with Crippen LogP contribution < -0.4 is 10.6 Å². The zero-order valence-electron chi connectivity index (χ0n) is 20.5. The number of hydrogen-bond acceptors (Lipinski definition) is 8. The second-order valence-electron chi connectivity index (χ2n) is 7.43. The van der Waals surface area contributed by atoms with E-state index in [2.05, 4.69) is 20.6 Å². The van der Waals surface area contributed by atoms with Crippen molar-refractivity contribution < 1.29 is 29.0 Å². The standard InChI is InChI=1S/C17H17Cl2NO3.C8H8ClN3O3/c1-3-22-10-23-17(21)12-6-4-5-7-14(12)20-16-13(18)9-8-11(2)15(16)19;9-5-3-11-6(4-10-5)12-7(13)1-2-8(14)15/h4-9,20H,3,10H2,1-2H3;3-4H,1-2H2,(H,14,15)(H,11,12,13). The SMILES string of the molecule is CCOCOC(=O)c1ccccc1Nc1c(Cl)ccc(C)c1Cl.O=C(O)CCC(=O)Nc1cnc(Cl)cn1. The molecule has 0 fully saturated rings. The number of rotatable bonds is 10. The molecule has 0 spiro atoms. The van der Waals surface area contributed by atoms with E-state index in [0.717, 1.165) is 5.56 Å². The van der Waals surface area contributed by atoms with Crippen molar-refractivity contribution in [3.63, 3.8) is 0 Å². The van der Waals surface area contributed by atoms with E-state index in [1.165, 1.54) is 12.4 Å². The fourth-order valence-corrected chi connectivity index (χ4v) is 3.30. The average Bonchev–Trinajstić information content (AvgIpc) is 2.89. The van der Waals surface area contributed by atoms with E-state index in [1.54, 1.807) is 30.3 Å². The van der Waals surface area contributed by atoms with Crippen molar-refractivity contribution >= 4 is 69.8 Å². The summed E-state index contributed by atoms with van der Waals surface area (Å²) in [6.07, 6.45) is 2.27. The minimum absolute atomic E-state index is 0.0877. The van der Waals surface area contributed by atoms with Gasteiger partial charge >= 0.3 is 11.9 Å². The smallest absolute Gasteiger partial charge is 0.342 e. The zero-order chi connectivity index (χ0) is 28.1. The van der Waals surface area contributed by atoms with Gasteiger partial charge in [0.05, 0.1) is 45.8 Å². The second kappa shape index (κ2) is 15.7. The van der Waals surface area contributed by atoms with Crippen molar-refractivity contribution in [3.8, 4) is 0 Å². The lowest BCUT2D eigenvalue weighted by molar-refractivity contribution is -0.138. The van der Waals surface area contributed by atoms with Crippen LogP contribution in [0.3, 0.4) is 0 Å². The number of halogens is 3. The number of carbonyl (C=O) groups is 3. The van der Waals surface area contributed by atoms with Crippen LogP contribution in [0.4, 0.5) is 17.2 Å². The van der Waals surface area contributed by atoms with Gasteiger partial charge in [0.15, 0.2) is 12.6 Å². The van der Waals surface area contributed by atoms with Crippen molar-refractivity contribution in [1.82, 2.24) is 9.97 Å². The summed E-state index contributed by atoms with van der Waals surface area (Å²) in [7, 11) is 0. The molecule has 0 aliphatic rings. The molecule has 0 atom stereocenters. The van der Waals surface area contributed by atoms with Gasteiger partial charge in [0, 0.05) is 13.0 Å². The highest BCUT2D eigenvalue weighted by molar-refractivity contribution is 6.39. The van der Waals surface area contributed by atoms with Gasteiger partial charge in [-0.3, -0.25) is 9.59 Å². The Hall–Kier alpha value is -3.44. The second-order valence-corrected chi connectivity index (χ2v) is 8.60. The van der Waals surface area contributed by atoms with E-state index in [-0.39, 0.29) is 30.6 Å². The van der Waals surface area contributed by atoms with E-state index >= 15 is 0 Å². The molecule has 0 aliphatic heterocycles. The number of anilines is 3. The average molecular weight is 584 g/mol. The Balaban J connectivity index is 0.000000293. The molecule has 202 valence electrons. The lowest BCUT2D eigenvalue weighted by atomic mass is 10.1. The monoisotopic (exact) mass is 582 g/mol. The molecule has 10 nitrogen and oxygen atoms in total. The summed E-state index contributed by atoms with van der Waals surface area (Å²) in [6, 6.07) is 10.6. The summed E-state index contributed by atoms with van der Waals surface area (Å²) in [5.41, 5.74) is 2.37. The van der Waals surface area contributed by atoms with Crippen LogP contribution in [0.15, 0.2) is 48.8 Å². The van der Waals surface area contributed by atoms with Crippen LogP contribution in [0.1, 0.15) is 35.7 Å². The number of carbonyl (C=O) groups excluding carboxylic acids is 2. The number of para-hydroxylation sites is 1. The first-order valence-electron chi connectivity index (χ1n) is 11.2. The third kappa shape index (κ3) is 10.1. The molecule has 38 heavy (non-hydrogen) atoms. The highest BCUT2D eigenvalue weighted by Gasteiger charge is 2.15. The first-order valence-corrected chi connectivity index (χ1v) is 12.3. The van der Waals surface area contributed by atoms with E-state index in [1.807, 2.05) is 19.9 Å². The zero-order valence-corrected chi connectivity index (χ0v) is 22.7.